The highest BCUT2D eigenvalue weighted by molar-refractivity contribution is 5.93. The third kappa shape index (κ3) is 5.28. The molecule has 0 unspecified atom stereocenters. The first kappa shape index (κ1) is 21.2. The topological polar surface area (TPSA) is 85.6 Å². The Morgan fingerprint density at radius 2 is 2.00 bits per heavy atom. The molecule has 0 radical (unpaired) electrons. The van der Waals surface area contributed by atoms with Gasteiger partial charge >= 0.3 is 0 Å². The van der Waals surface area contributed by atoms with Crippen molar-refractivity contribution in [3.05, 3.63) is 60.3 Å². The van der Waals surface area contributed by atoms with Crippen LogP contribution in [0.5, 0.6) is 11.5 Å². The van der Waals surface area contributed by atoms with E-state index in [1.807, 2.05) is 68.1 Å². The molecule has 0 fully saturated rings. The Balaban J connectivity index is 1.71. The van der Waals surface area contributed by atoms with Crippen LogP contribution in [-0.4, -0.2) is 40.8 Å². The number of rotatable bonds is 8. The second-order valence-electron chi connectivity index (χ2n) is 6.49. The fourth-order valence-corrected chi connectivity index (χ4v) is 2.91. The van der Waals surface area contributed by atoms with Gasteiger partial charge in [0.05, 0.1) is 20.3 Å². The van der Waals surface area contributed by atoms with Gasteiger partial charge in [0.25, 0.3) is 0 Å². The molecule has 3 rings (SSSR count). The molecule has 0 saturated carbocycles. The number of methoxy groups -OCH3 is 1. The number of aliphatic imine (C=N–C) groups is 1. The molecular weight excluding hydrogens is 380 g/mol. The van der Waals surface area contributed by atoms with E-state index in [2.05, 4.69) is 25.6 Å². The molecule has 2 heterocycles. The molecule has 0 atom stereocenters. The van der Waals surface area contributed by atoms with Gasteiger partial charge in [-0.15, -0.1) is 0 Å². The van der Waals surface area contributed by atoms with Crippen LogP contribution in [0, 0.1) is 6.92 Å². The van der Waals surface area contributed by atoms with Crippen molar-refractivity contribution in [2.75, 3.05) is 25.6 Å². The number of hydrogen-bond donors (Lipinski definition) is 2. The first-order chi connectivity index (χ1) is 14.6. The highest BCUT2D eigenvalue weighted by atomic mass is 16.5. The SMILES string of the molecule is CCNC(=NCc1ccc(-n2ccnc2C)nc1)Nc1ccc(OCC)c(OC)c1. The maximum atomic E-state index is 5.57. The summed E-state index contributed by atoms with van der Waals surface area (Å²) < 4.78 is 12.9. The first-order valence-electron chi connectivity index (χ1n) is 9.96. The molecule has 0 aliphatic rings. The van der Waals surface area contributed by atoms with Gasteiger partial charge in [0.2, 0.25) is 0 Å². The van der Waals surface area contributed by atoms with Crippen molar-refractivity contribution in [3.63, 3.8) is 0 Å². The molecular formula is C22H28N6O2. The lowest BCUT2D eigenvalue weighted by molar-refractivity contribution is 0.311. The molecule has 0 saturated heterocycles. The summed E-state index contributed by atoms with van der Waals surface area (Å²) in [5.74, 6) is 3.80. The van der Waals surface area contributed by atoms with E-state index in [0.29, 0.717) is 30.6 Å². The number of nitrogens with one attached hydrogen (secondary N) is 2. The van der Waals surface area contributed by atoms with E-state index in [-0.39, 0.29) is 0 Å². The van der Waals surface area contributed by atoms with Crippen LogP contribution in [0.3, 0.4) is 0 Å². The average Bonchev–Trinajstić information content (AvgIpc) is 3.19. The lowest BCUT2D eigenvalue weighted by atomic mass is 10.2. The average molecular weight is 409 g/mol. The fraction of sp³-hybridized carbons (Fsp3) is 0.318. The minimum atomic E-state index is 0.500. The van der Waals surface area contributed by atoms with Crippen molar-refractivity contribution in [1.29, 1.82) is 0 Å². The molecule has 8 heteroatoms. The van der Waals surface area contributed by atoms with Gasteiger partial charge in [-0.1, -0.05) is 6.07 Å². The van der Waals surface area contributed by atoms with E-state index in [1.165, 1.54) is 0 Å². The molecule has 0 aliphatic heterocycles. The van der Waals surface area contributed by atoms with Gasteiger partial charge in [0.15, 0.2) is 17.5 Å². The van der Waals surface area contributed by atoms with Gasteiger partial charge in [0.1, 0.15) is 11.6 Å². The normalized spacial score (nSPS) is 11.3. The van der Waals surface area contributed by atoms with Crippen molar-refractivity contribution < 1.29 is 9.47 Å². The zero-order chi connectivity index (χ0) is 21.3. The Labute approximate surface area is 177 Å². The first-order valence-corrected chi connectivity index (χ1v) is 9.96. The minimum Gasteiger partial charge on any atom is -0.493 e. The predicted molar refractivity (Wildman–Crippen MR) is 119 cm³/mol. The number of guanidine groups is 1. The van der Waals surface area contributed by atoms with Crippen molar-refractivity contribution in [3.8, 4) is 17.3 Å². The van der Waals surface area contributed by atoms with Crippen molar-refractivity contribution >= 4 is 11.6 Å². The molecule has 8 nitrogen and oxygen atoms in total. The highest BCUT2D eigenvalue weighted by Crippen LogP contribution is 2.30. The van der Waals surface area contributed by atoms with Crippen molar-refractivity contribution in [2.45, 2.75) is 27.3 Å². The number of pyridine rings is 1. The molecule has 0 spiro atoms. The highest BCUT2D eigenvalue weighted by Gasteiger charge is 2.07. The summed E-state index contributed by atoms with van der Waals surface area (Å²) in [4.78, 5) is 13.4. The summed E-state index contributed by atoms with van der Waals surface area (Å²) in [6, 6.07) is 9.70. The van der Waals surface area contributed by atoms with Crippen LogP contribution < -0.4 is 20.1 Å². The second-order valence-corrected chi connectivity index (χ2v) is 6.49. The van der Waals surface area contributed by atoms with Crippen LogP contribution in [0.1, 0.15) is 25.2 Å². The summed E-state index contributed by atoms with van der Waals surface area (Å²) >= 11 is 0. The Bertz CT molecular complexity index is 982. The Morgan fingerprint density at radius 3 is 2.63 bits per heavy atom. The molecule has 30 heavy (non-hydrogen) atoms. The Kier molecular flexibility index (Phi) is 7.26. The monoisotopic (exact) mass is 408 g/mol. The van der Waals surface area contributed by atoms with Crippen molar-refractivity contribution in [2.24, 2.45) is 4.99 Å². The van der Waals surface area contributed by atoms with Crippen LogP contribution in [0.4, 0.5) is 5.69 Å². The quantitative estimate of drug-likeness (QED) is 0.438. The molecule has 1 aromatic carbocycles. The van der Waals surface area contributed by atoms with Gasteiger partial charge in [-0.2, -0.15) is 0 Å². The summed E-state index contributed by atoms with van der Waals surface area (Å²) in [6.45, 7) is 7.75. The number of hydrogen-bond acceptors (Lipinski definition) is 5. The maximum Gasteiger partial charge on any atom is 0.196 e. The van der Waals surface area contributed by atoms with Crippen LogP contribution in [0.25, 0.3) is 5.82 Å². The summed E-state index contributed by atoms with van der Waals surface area (Å²) in [6.07, 6.45) is 5.50. The standard InChI is InChI=1S/C22H28N6O2/c1-5-23-22(27-18-8-9-19(30-6-2)20(13-18)29-4)26-15-17-7-10-21(25-14-17)28-12-11-24-16(28)3/h7-14H,5-6,15H2,1-4H3,(H2,23,26,27). The molecule has 0 bridgehead atoms. The van der Waals surface area contributed by atoms with E-state index < -0.39 is 0 Å². The van der Waals surface area contributed by atoms with Crippen LogP contribution in [0.15, 0.2) is 53.9 Å². The van der Waals surface area contributed by atoms with E-state index in [0.717, 1.165) is 29.4 Å². The van der Waals surface area contributed by atoms with E-state index in [4.69, 9.17) is 9.47 Å². The van der Waals surface area contributed by atoms with E-state index in [9.17, 15) is 0 Å². The van der Waals surface area contributed by atoms with Crippen LogP contribution >= 0.6 is 0 Å². The van der Waals surface area contributed by atoms with Crippen LogP contribution in [-0.2, 0) is 6.54 Å². The van der Waals surface area contributed by atoms with Gasteiger partial charge < -0.3 is 20.1 Å². The molecule has 2 N–H and O–H groups in total. The minimum absolute atomic E-state index is 0.500. The zero-order valence-electron chi connectivity index (χ0n) is 17.8. The number of nitrogens with zero attached hydrogens (tertiary/aromatic N) is 4. The summed E-state index contributed by atoms with van der Waals surface area (Å²) in [7, 11) is 1.63. The van der Waals surface area contributed by atoms with Crippen molar-refractivity contribution in [1.82, 2.24) is 19.9 Å². The number of ether oxygens (including phenoxy) is 2. The van der Waals surface area contributed by atoms with E-state index >= 15 is 0 Å². The zero-order valence-corrected chi connectivity index (χ0v) is 17.8. The van der Waals surface area contributed by atoms with Gasteiger partial charge in [-0.3, -0.25) is 4.57 Å². The molecule has 2 aromatic heterocycles. The van der Waals surface area contributed by atoms with Gasteiger partial charge in [-0.05, 0) is 44.5 Å². The number of anilines is 1. The second kappa shape index (κ2) is 10.3. The number of aromatic nitrogens is 3. The number of imidazole rings is 1. The Hall–Kier alpha value is -3.55. The predicted octanol–water partition coefficient (Wildman–Crippen LogP) is 3.56. The lowest BCUT2D eigenvalue weighted by Crippen LogP contribution is -2.30. The molecule has 0 amide bonds. The molecule has 3 aromatic rings. The molecule has 0 aliphatic carbocycles. The fourth-order valence-electron chi connectivity index (χ4n) is 2.91. The largest absolute Gasteiger partial charge is 0.493 e. The van der Waals surface area contributed by atoms with Gasteiger partial charge in [0, 0.05) is 36.9 Å². The number of benzene rings is 1. The molecule has 158 valence electrons. The van der Waals surface area contributed by atoms with Crippen LogP contribution in [0.2, 0.25) is 0 Å². The lowest BCUT2D eigenvalue weighted by Gasteiger charge is -2.14. The third-order valence-electron chi connectivity index (χ3n) is 4.37. The van der Waals surface area contributed by atoms with Gasteiger partial charge in [-0.25, -0.2) is 15.0 Å². The smallest absolute Gasteiger partial charge is 0.196 e. The summed E-state index contributed by atoms with van der Waals surface area (Å²) in [5, 5.41) is 6.56. The number of aryl methyl sites for hydroxylation is 1. The maximum absolute atomic E-state index is 5.57. The Morgan fingerprint density at radius 1 is 1.13 bits per heavy atom. The third-order valence-corrected chi connectivity index (χ3v) is 4.37. The van der Waals surface area contributed by atoms with E-state index in [1.54, 1.807) is 13.3 Å². The summed E-state index contributed by atoms with van der Waals surface area (Å²) in [5.41, 5.74) is 1.87.